The second kappa shape index (κ2) is 7.33. The first-order valence-corrected chi connectivity index (χ1v) is 6.76. The van der Waals surface area contributed by atoms with Crippen LogP contribution in [0.15, 0.2) is 24.3 Å². The largest absolute Gasteiger partial charge is 0.341 e. The Bertz CT molecular complexity index is 554. The van der Waals surface area contributed by atoms with E-state index in [1.807, 2.05) is 6.07 Å². The number of rotatable bonds is 3. The number of hydrogen-bond donors (Lipinski definition) is 1. The van der Waals surface area contributed by atoms with E-state index >= 15 is 0 Å². The molecule has 1 saturated heterocycles. The summed E-state index contributed by atoms with van der Waals surface area (Å²) in [5.41, 5.74) is 1.09. The zero-order valence-corrected chi connectivity index (χ0v) is 11.4. The van der Waals surface area contributed by atoms with Crippen LogP contribution in [0.5, 0.6) is 0 Å². The summed E-state index contributed by atoms with van der Waals surface area (Å²) >= 11 is 0. The first kappa shape index (κ1) is 14.1. The molecular formula is C16H17N3O. The third kappa shape index (κ3) is 4.12. The molecule has 2 rings (SSSR count). The Kier molecular flexibility index (Phi) is 5.17. The average molecular weight is 267 g/mol. The minimum absolute atomic E-state index is 0.162. The van der Waals surface area contributed by atoms with E-state index in [9.17, 15) is 4.79 Å². The molecule has 0 spiro atoms. The molecule has 0 unspecified atom stereocenters. The number of amides is 1. The lowest BCUT2D eigenvalue weighted by Gasteiger charge is -2.08. The highest BCUT2D eigenvalue weighted by Gasteiger charge is 2.08. The molecule has 0 aliphatic carbocycles. The fraction of sp³-hybridized carbons (Fsp3) is 0.375. The van der Waals surface area contributed by atoms with Crippen molar-refractivity contribution in [2.24, 2.45) is 0 Å². The van der Waals surface area contributed by atoms with Gasteiger partial charge in [-0.2, -0.15) is 5.26 Å². The van der Waals surface area contributed by atoms with Crippen molar-refractivity contribution in [3.63, 3.8) is 0 Å². The van der Waals surface area contributed by atoms with Crippen LogP contribution >= 0.6 is 0 Å². The van der Waals surface area contributed by atoms with Gasteiger partial charge in [-0.25, -0.2) is 0 Å². The molecule has 1 aliphatic rings. The van der Waals surface area contributed by atoms with Gasteiger partial charge in [0, 0.05) is 5.56 Å². The number of nitrogens with one attached hydrogen (secondary N) is 1. The van der Waals surface area contributed by atoms with Crippen molar-refractivity contribution in [2.45, 2.75) is 12.8 Å². The molecule has 4 heteroatoms. The van der Waals surface area contributed by atoms with Gasteiger partial charge in [-0.15, -0.1) is 0 Å². The Morgan fingerprint density at radius 3 is 2.55 bits per heavy atom. The van der Waals surface area contributed by atoms with Crippen molar-refractivity contribution in [3.05, 3.63) is 35.4 Å². The van der Waals surface area contributed by atoms with E-state index in [-0.39, 0.29) is 5.91 Å². The van der Waals surface area contributed by atoms with Crippen molar-refractivity contribution >= 4 is 5.91 Å². The zero-order chi connectivity index (χ0) is 14.2. The summed E-state index contributed by atoms with van der Waals surface area (Å²) in [5.74, 6) is 5.87. The number of nitrogens with zero attached hydrogens (tertiary/aromatic N) is 2. The maximum atomic E-state index is 11.8. The molecule has 1 N–H and O–H groups in total. The van der Waals surface area contributed by atoms with E-state index < -0.39 is 0 Å². The minimum atomic E-state index is -0.162. The van der Waals surface area contributed by atoms with Gasteiger partial charge in [0.05, 0.1) is 24.7 Å². The molecule has 0 aromatic heterocycles. The molecular weight excluding hydrogens is 250 g/mol. The number of benzene rings is 1. The summed E-state index contributed by atoms with van der Waals surface area (Å²) in [4.78, 5) is 14.1. The summed E-state index contributed by atoms with van der Waals surface area (Å²) in [6.45, 7) is 3.40. The van der Waals surface area contributed by atoms with Crippen LogP contribution in [0.4, 0.5) is 0 Å². The normalized spacial score (nSPS) is 14.2. The van der Waals surface area contributed by atoms with Gasteiger partial charge < -0.3 is 5.32 Å². The predicted octanol–water partition coefficient (Wildman–Crippen LogP) is 1.39. The lowest BCUT2D eigenvalue weighted by atomic mass is 10.1. The molecule has 1 aromatic rings. The molecule has 1 fully saturated rings. The van der Waals surface area contributed by atoms with Gasteiger partial charge in [0.2, 0.25) is 0 Å². The molecule has 0 radical (unpaired) electrons. The second-order valence-electron chi connectivity index (χ2n) is 4.71. The van der Waals surface area contributed by atoms with E-state index in [2.05, 4.69) is 22.1 Å². The Morgan fingerprint density at radius 1 is 1.20 bits per heavy atom. The van der Waals surface area contributed by atoms with E-state index in [0.29, 0.717) is 17.7 Å². The van der Waals surface area contributed by atoms with E-state index in [0.717, 1.165) is 19.6 Å². The monoisotopic (exact) mass is 267 g/mol. The van der Waals surface area contributed by atoms with Crippen LogP contribution in [-0.2, 0) is 0 Å². The number of carbonyl (C=O) groups excluding carboxylic acids is 1. The number of carbonyl (C=O) groups is 1. The maximum absolute atomic E-state index is 11.8. The van der Waals surface area contributed by atoms with Crippen molar-refractivity contribution in [2.75, 3.05) is 26.2 Å². The summed E-state index contributed by atoms with van der Waals surface area (Å²) < 4.78 is 0. The lowest BCUT2D eigenvalue weighted by molar-refractivity contribution is 0.0958. The molecule has 1 aliphatic heterocycles. The molecule has 1 amide bonds. The van der Waals surface area contributed by atoms with Crippen molar-refractivity contribution in [3.8, 4) is 17.9 Å². The molecule has 20 heavy (non-hydrogen) atoms. The predicted molar refractivity (Wildman–Crippen MR) is 76.9 cm³/mol. The van der Waals surface area contributed by atoms with Gasteiger partial charge in [0.25, 0.3) is 5.91 Å². The Balaban J connectivity index is 1.74. The van der Waals surface area contributed by atoms with Crippen LogP contribution in [0.25, 0.3) is 0 Å². The highest BCUT2D eigenvalue weighted by atomic mass is 16.1. The minimum Gasteiger partial charge on any atom is -0.341 e. The van der Waals surface area contributed by atoms with E-state index in [1.165, 1.54) is 12.8 Å². The third-order valence-electron chi connectivity index (χ3n) is 3.24. The third-order valence-corrected chi connectivity index (χ3v) is 3.24. The maximum Gasteiger partial charge on any atom is 0.252 e. The van der Waals surface area contributed by atoms with Crippen molar-refractivity contribution < 1.29 is 4.79 Å². The van der Waals surface area contributed by atoms with Crippen LogP contribution in [0.1, 0.15) is 28.8 Å². The molecule has 4 nitrogen and oxygen atoms in total. The SMILES string of the molecule is N#Cc1ccc(C(=O)NCC#CCN2CCCC2)cc1. The van der Waals surface area contributed by atoms with Gasteiger partial charge in [-0.3, -0.25) is 9.69 Å². The smallest absolute Gasteiger partial charge is 0.252 e. The van der Waals surface area contributed by atoms with Gasteiger partial charge in [0.15, 0.2) is 0 Å². The molecule has 0 bridgehead atoms. The summed E-state index contributed by atoms with van der Waals surface area (Å²) in [5, 5.41) is 11.4. The summed E-state index contributed by atoms with van der Waals surface area (Å²) in [7, 11) is 0. The van der Waals surface area contributed by atoms with Crippen LogP contribution < -0.4 is 5.32 Å². The van der Waals surface area contributed by atoms with Gasteiger partial charge in [0.1, 0.15) is 0 Å². The fourth-order valence-electron chi connectivity index (χ4n) is 2.09. The second-order valence-corrected chi connectivity index (χ2v) is 4.71. The standard InChI is InChI=1S/C16H17N3O/c17-13-14-5-7-15(8-6-14)16(20)18-9-1-2-10-19-11-3-4-12-19/h5-8H,3-4,9-12H2,(H,18,20). The summed E-state index contributed by atoms with van der Waals surface area (Å²) in [6.07, 6.45) is 2.52. The number of nitriles is 1. The van der Waals surface area contributed by atoms with E-state index in [4.69, 9.17) is 5.26 Å². The number of likely N-dealkylation sites (tertiary alicyclic amines) is 1. The molecule has 0 saturated carbocycles. The molecule has 1 heterocycles. The topological polar surface area (TPSA) is 56.1 Å². The van der Waals surface area contributed by atoms with Crippen molar-refractivity contribution in [1.82, 2.24) is 10.2 Å². The Labute approximate surface area is 119 Å². The van der Waals surface area contributed by atoms with Crippen LogP contribution in [0, 0.1) is 23.2 Å². The lowest BCUT2D eigenvalue weighted by Crippen LogP contribution is -2.24. The fourth-order valence-corrected chi connectivity index (χ4v) is 2.09. The quantitative estimate of drug-likeness (QED) is 0.842. The molecule has 0 atom stereocenters. The molecule has 102 valence electrons. The van der Waals surface area contributed by atoms with Crippen molar-refractivity contribution in [1.29, 1.82) is 5.26 Å². The number of hydrogen-bond acceptors (Lipinski definition) is 3. The molecule has 1 aromatic carbocycles. The van der Waals surface area contributed by atoms with E-state index in [1.54, 1.807) is 24.3 Å². The first-order chi connectivity index (χ1) is 9.79. The Morgan fingerprint density at radius 2 is 1.90 bits per heavy atom. The average Bonchev–Trinajstić information content (AvgIpc) is 3.00. The van der Waals surface area contributed by atoms with Gasteiger partial charge in [-0.1, -0.05) is 11.8 Å². The van der Waals surface area contributed by atoms with Gasteiger partial charge >= 0.3 is 0 Å². The zero-order valence-electron chi connectivity index (χ0n) is 11.4. The highest BCUT2D eigenvalue weighted by Crippen LogP contribution is 2.05. The van der Waals surface area contributed by atoms with Crippen LogP contribution in [0.2, 0.25) is 0 Å². The van der Waals surface area contributed by atoms with Crippen LogP contribution in [0.3, 0.4) is 0 Å². The Hall–Kier alpha value is -2.30. The van der Waals surface area contributed by atoms with Gasteiger partial charge in [-0.05, 0) is 50.2 Å². The van der Waals surface area contributed by atoms with Crippen LogP contribution in [-0.4, -0.2) is 37.0 Å². The first-order valence-electron chi connectivity index (χ1n) is 6.76. The summed E-state index contributed by atoms with van der Waals surface area (Å²) in [6, 6.07) is 8.58. The highest BCUT2D eigenvalue weighted by molar-refractivity contribution is 5.94.